The van der Waals surface area contributed by atoms with Crippen LogP contribution >= 0.6 is 0 Å². The second-order valence-electron chi connectivity index (χ2n) is 4.34. The van der Waals surface area contributed by atoms with Gasteiger partial charge in [-0.15, -0.1) is 0 Å². The van der Waals surface area contributed by atoms with Gasteiger partial charge >= 0.3 is 5.97 Å². The number of rotatable bonds is 2. The number of carbonyl (C=O) groups excluding carboxylic acids is 1. The zero-order chi connectivity index (χ0) is 12.5. The Bertz CT molecular complexity index is 597. The van der Waals surface area contributed by atoms with Gasteiger partial charge in [0.2, 0.25) is 5.95 Å². The van der Waals surface area contributed by atoms with Gasteiger partial charge < -0.3 is 9.72 Å². The molecule has 1 fully saturated rings. The standard InChI is InChI=1S/C13H13N3O2/c1-8(9-6-7-18-12(9)17)14-13-15-10-4-2-3-5-11(10)16-13/h2-5,9H,6-7H2,1H3,(H,15,16). The molecule has 1 saturated heterocycles. The summed E-state index contributed by atoms with van der Waals surface area (Å²) in [6.45, 7) is 2.32. The lowest BCUT2D eigenvalue weighted by Crippen LogP contribution is -2.16. The summed E-state index contributed by atoms with van der Waals surface area (Å²) < 4.78 is 4.93. The van der Waals surface area contributed by atoms with Crippen LogP contribution in [0.15, 0.2) is 29.3 Å². The van der Waals surface area contributed by atoms with Crippen LogP contribution in [0, 0.1) is 5.92 Å². The van der Waals surface area contributed by atoms with Gasteiger partial charge in [-0.1, -0.05) is 12.1 Å². The van der Waals surface area contributed by atoms with E-state index in [4.69, 9.17) is 4.74 Å². The summed E-state index contributed by atoms with van der Waals surface area (Å²) >= 11 is 0. The van der Waals surface area contributed by atoms with E-state index in [9.17, 15) is 4.79 Å². The number of nitrogens with zero attached hydrogens (tertiary/aromatic N) is 2. The van der Waals surface area contributed by atoms with E-state index in [1.165, 1.54) is 0 Å². The molecule has 92 valence electrons. The molecule has 1 atom stereocenters. The minimum atomic E-state index is -0.224. The maximum atomic E-state index is 11.4. The maximum absolute atomic E-state index is 11.4. The van der Waals surface area contributed by atoms with E-state index in [1.807, 2.05) is 31.2 Å². The average Bonchev–Trinajstić information content (AvgIpc) is 2.94. The summed E-state index contributed by atoms with van der Waals surface area (Å²) in [5, 5.41) is 0. The number of nitrogens with one attached hydrogen (secondary N) is 1. The van der Waals surface area contributed by atoms with Gasteiger partial charge in [-0.3, -0.25) is 4.79 Å². The number of fused-ring (bicyclic) bond motifs is 1. The second kappa shape index (κ2) is 4.25. The quantitative estimate of drug-likeness (QED) is 0.649. The minimum absolute atomic E-state index is 0.188. The Morgan fingerprint density at radius 1 is 1.50 bits per heavy atom. The highest BCUT2D eigenvalue weighted by atomic mass is 16.5. The largest absolute Gasteiger partial charge is 0.465 e. The van der Waals surface area contributed by atoms with Crippen molar-refractivity contribution in [1.82, 2.24) is 9.97 Å². The summed E-state index contributed by atoms with van der Waals surface area (Å²) in [4.78, 5) is 23.3. The monoisotopic (exact) mass is 243 g/mol. The van der Waals surface area contributed by atoms with Gasteiger partial charge in [-0.2, -0.15) is 0 Å². The van der Waals surface area contributed by atoms with Crippen molar-refractivity contribution in [1.29, 1.82) is 0 Å². The van der Waals surface area contributed by atoms with Crippen molar-refractivity contribution in [3.05, 3.63) is 24.3 Å². The summed E-state index contributed by atoms with van der Waals surface area (Å²) in [5.41, 5.74) is 2.56. The average molecular weight is 243 g/mol. The second-order valence-corrected chi connectivity index (χ2v) is 4.34. The van der Waals surface area contributed by atoms with Crippen LogP contribution in [-0.4, -0.2) is 28.3 Å². The van der Waals surface area contributed by atoms with E-state index < -0.39 is 0 Å². The molecule has 0 spiro atoms. The fraction of sp³-hybridized carbons (Fsp3) is 0.308. The van der Waals surface area contributed by atoms with Crippen molar-refractivity contribution in [2.45, 2.75) is 13.3 Å². The van der Waals surface area contributed by atoms with Gasteiger partial charge in [0, 0.05) is 12.1 Å². The zero-order valence-corrected chi connectivity index (χ0v) is 10.0. The number of H-pyrrole nitrogens is 1. The van der Waals surface area contributed by atoms with E-state index in [0.29, 0.717) is 19.0 Å². The van der Waals surface area contributed by atoms with Crippen LogP contribution < -0.4 is 0 Å². The normalized spacial score (nSPS) is 20.4. The topological polar surface area (TPSA) is 67.3 Å². The minimum Gasteiger partial charge on any atom is -0.465 e. The van der Waals surface area contributed by atoms with Crippen molar-refractivity contribution in [3.63, 3.8) is 0 Å². The van der Waals surface area contributed by atoms with Crippen molar-refractivity contribution in [2.75, 3.05) is 6.61 Å². The molecule has 18 heavy (non-hydrogen) atoms. The molecular weight excluding hydrogens is 230 g/mol. The number of aliphatic imine (C=N–C) groups is 1. The molecule has 0 bridgehead atoms. The number of imidazole rings is 1. The molecule has 0 aliphatic carbocycles. The molecule has 1 aliphatic heterocycles. The molecule has 1 unspecified atom stereocenters. The number of ether oxygens (including phenoxy) is 1. The smallest absolute Gasteiger partial charge is 0.314 e. The molecular formula is C13H13N3O2. The first kappa shape index (κ1) is 11.0. The Morgan fingerprint density at radius 3 is 3.06 bits per heavy atom. The van der Waals surface area contributed by atoms with Crippen LogP contribution in [0.4, 0.5) is 5.95 Å². The summed E-state index contributed by atoms with van der Waals surface area (Å²) in [5.74, 6) is 0.124. The third kappa shape index (κ3) is 1.88. The van der Waals surface area contributed by atoms with E-state index in [1.54, 1.807) is 0 Å². The molecule has 2 aromatic rings. The van der Waals surface area contributed by atoms with E-state index in [0.717, 1.165) is 16.7 Å². The number of aromatic amines is 1. The summed E-state index contributed by atoms with van der Waals surface area (Å²) in [6.07, 6.45) is 0.703. The highest BCUT2D eigenvalue weighted by Crippen LogP contribution is 2.20. The van der Waals surface area contributed by atoms with Crippen molar-refractivity contribution < 1.29 is 9.53 Å². The number of hydrogen-bond donors (Lipinski definition) is 1. The van der Waals surface area contributed by atoms with Crippen LogP contribution in [0.5, 0.6) is 0 Å². The molecule has 0 saturated carbocycles. The third-order valence-corrected chi connectivity index (χ3v) is 3.10. The van der Waals surface area contributed by atoms with Crippen molar-refractivity contribution in [2.24, 2.45) is 10.9 Å². The van der Waals surface area contributed by atoms with E-state index in [-0.39, 0.29) is 11.9 Å². The number of esters is 1. The van der Waals surface area contributed by atoms with Gasteiger partial charge in [-0.25, -0.2) is 9.98 Å². The molecule has 5 nitrogen and oxygen atoms in total. The SMILES string of the molecule is CC(=Nc1nc2ccccc2[nH]1)C1CCOC1=O. The van der Waals surface area contributed by atoms with Crippen LogP contribution in [0.1, 0.15) is 13.3 Å². The lowest BCUT2D eigenvalue weighted by atomic mass is 10.0. The van der Waals surface area contributed by atoms with Gasteiger partial charge in [0.05, 0.1) is 23.6 Å². The van der Waals surface area contributed by atoms with Gasteiger partial charge in [0.25, 0.3) is 0 Å². The van der Waals surface area contributed by atoms with Crippen molar-refractivity contribution >= 4 is 28.7 Å². The molecule has 0 amide bonds. The predicted molar refractivity (Wildman–Crippen MR) is 67.9 cm³/mol. The number of aromatic nitrogens is 2. The lowest BCUT2D eigenvalue weighted by Gasteiger charge is -2.02. The first-order valence-corrected chi connectivity index (χ1v) is 5.90. The van der Waals surface area contributed by atoms with Crippen LogP contribution in [0.25, 0.3) is 11.0 Å². The van der Waals surface area contributed by atoms with E-state index in [2.05, 4.69) is 15.0 Å². The van der Waals surface area contributed by atoms with Crippen molar-refractivity contribution in [3.8, 4) is 0 Å². The molecule has 1 aromatic carbocycles. The highest BCUT2D eigenvalue weighted by molar-refractivity contribution is 6.02. The predicted octanol–water partition coefficient (Wildman–Crippen LogP) is 2.22. The fourth-order valence-electron chi connectivity index (χ4n) is 2.11. The Hall–Kier alpha value is -2.17. The molecule has 1 aliphatic rings. The molecule has 0 radical (unpaired) electrons. The summed E-state index contributed by atoms with van der Waals surface area (Å²) in [7, 11) is 0. The summed E-state index contributed by atoms with van der Waals surface area (Å²) in [6, 6.07) is 7.73. The number of para-hydroxylation sites is 2. The zero-order valence-electron chi connectivity index (χ0n) is 10.0. The Labute approximate surface area is 104 Å². The number of carbonyl (C=O) groups is 1. The molecule has 1 aromatic heterocycles. The first-order chi connectivity index (χ1) is 8.74. The van der Waals surface area contributed by atoms with Gasteiger partial charge in [0.15, 0.2) is 0 Å². The molecule has 1 N–H and O–H groups in total. The molecule has 5 heteroatoms. The van der Waals surface area contributed by atoms with Gasteiger partial charge in [-0.05, 0) is 19.1 Å². The Kier molecular flexibility index (Phi) is 2.59. The van der Waals surface area contributed by atoms with Gasteiger partial charge in [0.1, 0.15) is 0 Å². The van der Waals surface area contributed by atoms with E-state index >= 15 is 0 Å². The fourth-order valence-corrected chi connectivity index (χ4v) is 2.11. The van der Waals surface area contributed by atoms with Crippen LogP contribution in [-0.2, 0) is 9.53 Å². The first-order valence-electron chi connectivity index (χ1n) is 5.90. The number of hydrogen-bond acceptors (Lipinski definition) is 4. The lowest BCUT2D eigenvalue weighted by molar-refractivity contribution is -0.139. The Morgan fingerprint density at radius 2 is 2.33 bits per heavy atom. The van der Waals surface area contributed by atoms with Crippen LogP contribution in [0.2, 0.25) is 0 Å². The van der Waals surface area contributed by atoms with Crippen LogP contribution in [0.3, 0.4) is 0 Å². The highest BCUT2D eigenvalue weighted by Gasteiger charge is 2.29. The molecule has 3 rings (SSSR count). The third-order valence-electron chi connectivity index (χ3n) is 3.10. The number of benzene rings is 1. The Balaban J connectivity index is 1.92. The number of cyclic esters (lactones) is 1. The molecule has 2 heterocycles. The maximum Gasteiger partial charge on any atom is 0.314 e.